The Bertz CT molecular complexity index is 361. The van der Waals surface area contributed by atoms with Crippen molar-refractivity contribution in [2.75, 3.05) is 6.54 Å². The van der Waals surface area contributed by atoms with Gasteiger partial charge in [-0.1, -0.05) is 40.5 Å². The summed E-state index contributed by atoms with van der Waals surface area (Å²) in [5.74, 6) is -0.0275. The van der Waals surface area contributed by atoms with Crippen LogP contribution in [0.1, 0.15) is 59.8 Å². The first kappa shape index (κ1) is 18.0. The standard InChI is InChI=1S/C16H30N2O3/c1-11(2)9-13(19)18-14(12(3)4)15(20)17-10-16(21)7-5-6-8-16/h11-12,14,21H,5-10H2,1-4H3,(H,17,20)(H,18,19). The number of carbonyl (C=O) groups is 2. The summed E-state index contributed by atoms with van der Waals surface area (Å²) in [5.41, 5.74) is -0.765. The van der Waals surface area contributed by atoms with Crippen LogP contribution in [0.2, 0.25) is 0 Å². The number of rotatable bonds is 7. The van der Waals surface area contributed by atoms with Gasteiger partial charge < -0.3 is 15.7 Å². The van der Waals surface area contributed by atoms with Crippen LogP contribution in [0.25, 0.3) is 0 Å². The van der Waals surface area contributed by atoms with E-state index >= 15 is 0 Å². The average Bonchev–Trinajstić information content (AvgIpc) is 2.79. The highest BCUT2D eigenvalue weighted by molar-refractivity contribution is 5.87. The predicted molar refractivity (Wildman–Crippen MR) is 82.7 cm³/mol. The zero-order chi connectivity index (χ0) is 16.0. The molecule has 1 atom stereocenters. The average molecular weight is 298 g/mol. The third-order valence-electron chi connectivity index (χ3n) is 3.99. The van der Waals surface area contributed by atoms with Crippen molar-refractivity contribution in [3.63, 3.8) is 0 Å². The van der Waals surface area contributed by atoms with Crippen LogP contribution in [0.5, 0.6) is 0 Å². The number of hydrogen-bond donors (Lipinski definition) is 3. The van der Waals surface area contributed by atoms with Gasteiger partial charge in [-0.05, 0) is 24.7 Å². The van der Waals surface area contributed by atoms with Crippen molar-refractivity contribution in [2.24, 2.45) is 11.8 Å². The van der Waals surface area contributed by atoms with E-state index in [0.29, 0.717) is 6.42 Å². The first-order chi connectivity index (χ1) is 9.73. The highest BCUT2D eigenvalue weighted by Gasteiger charge is 2.33. The van der Waals surface area contributed by atoms with E-state index in [1.54, 1.807) is 0 Å². The lowest BCUT2D eigenvalue weighted by Gasteiger charge is -2.26. The zero-order valence-electron chi connectivity index (χ0n) is 13.7. The minimum absolute atomic E-state index is 0.0133. The molecule has 5 nitrogen and oxygen atoms in total. The Labute approximate surface area is 127 Å². The summed E-state index contributed by atoms with van der Waals surface area (Å²) in [7, 11) is 0. The van der Waals surface area contributed by atoms with Crippen molar-refractivity contribution in [3.8, 4) is 0 Å². The number of aliphatic hydroxyl groups is 1. The normalized spacial score (nSPS) is 18.8. The van der Waals surface area contributed by atoms with Crippen molar-refractivity contribution in [1.29, 1.82) is 0 Å². The van der Waals surface area contributed by atoms with Crippen LogP contribution in [-0.2, 0) is 9.59 Å². The zero-order valence-corrected chi connectivity index (χ0v) is 13.7. The van der Waals surface area contributed by atoms with Gasteiger partial charge in [-0.15, -0.1) is 0 Å². The SMILES string of the molecule is CC(C)CC(=O)NC(C(=O)NCC1(O)CCCC1)C(C)C. The van der Waals surface area contributed by atoms with E-state index in [2.05, 4.69) is 10.6 Å². The smallest absolute Gasteiger partial charge is 0.242 e. The molecule has 1 aliphatic rings. The Hall–Kier alpha value is -1.10. The van der Waals surface area contributed by atoms with Crippen molar-refractivity contribution in [1.82, 2.24) is 10.6 Å². The fraction of sp³-hybridized carbons (Fsp3) is 0.875. The molecule has 0 spiro atoms. The minimum Gasteiger partial charge on any atom is -0.388 e. The van der Waals surface area contributed by atoms with Crippen LogP contribution in [0.15, 0.2) is 0 Å². The molecular formula is C16H30N2O3. The van der Waals surface area contributed by atoms with Crippen molar-refractivity contribution in [3.05, 3.63) is 0 Å². The van der Waals surface area contributed by atoms with Gasteiger partial charge in [-0.25, -0.2) is 0 Å². The van der Waals surface area contributed by atoms with Gasteiger partial charge in [0, 0.05) is 13.0 Å². The third-order valence-corrected chi connectivity index (χ3v) is 3.99. The van der Waals surface area contributed by atoms with Gasteiger partial charge in [-0.2, -0.15) is 0 Å². The predicted octanol–water partition coefficient (Wildman–Crippen LogP) is 1.59. The summed E-state index contributed by atoms with van der Waals surface area (Å²) in [6.07, 6.45) is 3.90. The number of amides is 2. The fourth-order valence-electron chi connectivity index (χ4n) is 2.71. The molecular weight excluding hydrogens is 268 g/mol. The Morgan fingerprint density at radius 3 is 2.19 bits per heavy atom. The minimum atomic E-state index is -0.765. The monoisotopic (exact) mass is 298 g/mol. The van der Waals surface area contributed by atoms with Gasteiger partial charge in [0.05, 0.1) is 5.60 Å². The van der Waals surface area contributed by atoms with E-state index in [-0.39, 0.29) is 30.2 Å². The molecule has 0 aromatic carbocycles. The maximum atomic E-state index is 12.3. The second-order valence-corrected chi connectivity index (χ2v) is 7.04. The van der Waals surface area contributed by atoms with Gasteiger partial charge >= 0.3 is 0 Å². The van der Waals surface area contributed by atoms with Gasteiger partial charge in [0.25, 0.3) is 0 Å². The summed E-state index contributed by atoms with van der Waals surface area (Å²) in [5, 5.41) is 15.9. The highest BCUT2D eigenvalue weighted by Crippen LogP contribution is 2.28. The van der Waals surface area contributed by atoms with Gasteiger partial charge in [0.15, 0.2) is 0 Å². The van der Waals surface area contributed by atoms with Gasteiger partial charge in [0.2, 0.25) is 11.8 Å². The molecule has 2 amide bonds. The van der Waals surface area contributed by atoms with E-state index in [4.69, 9.17) is 0 Å². The maximum absolute atomic E-state index is 12.3. The van der Waals surface area contributed by atoms with Crippen LogP contribution in [0, 0.1) is 11.8 Å². The molecule has 0 bridgehead atoms. The quantitative estimate of drug-likeness (QED) is 0.668. The molecule has 0 aromatic rings. The molecule has 5 heteroatoms. The molecule has 0 aromatic heterocycles. The van der Waals surface area contributed by atoms with Gasteiger partial charge in [0.1, 0.15) is 6.04 Å². The van der Waals surface area contributed by atoms with Crippen LogP contribution in [-0.4, -0.2) is 35.1 Å². The second kappa shape index (κ2) is 7.78. The highest BCUT2D eigenvalue weighted by atomic mass is 16.3. The van der Waals surface area contributed by atoms with E-state index in [1.807, 2.05) is 27.7 Å². The Morgan fingerprint density at radius 1 is 1.14 bits per heavy atom. The summed E-state index contributed by atoms with van der Waals surface area (Å²) in [6, 6.07) is -0.541. The molecule has 1 unspecified atom stereocenters. The van der Waals surface area contributed by atoms with Crippen LogP contribution < -0.4 is 10.6 Å². The van der Waals surface area contributed by atoms with E-state index < -0.39 is 11.6 Å². The summed E-state index contributed by atoms with van der Waals surface area (Å²) in [6.45, 7) is 8.03. The number of carbonyl (C=O) groups excluding carboxylic acids is 2. The van der Waals surface area contributed by atoms with Crippen LogP contribution in [0.3, 0.4) is 0 Å². The molecule has 122 valence electrons. The molecule has 3 N–H and O–H groups in total. The lowest BCUT2D eigenvalue weighted by atomic mass is 10.00. The Kier molecular flexibility index (Phi) is 6.65. The molecule has 1 aliphatic carbocycles. The lowest BCUT2D eigenvalue weighted by molar-refractivity contribution is -0.131. The molecule has 0 aliphatic heterocycles. The molecule has 1 rings (SSSR count). The number of hydrogen-bond acceptors (Lipinski definition) is 3. The molecule has 1 fully saturated rings. The maximum Gasteiger partial charge on any atom is 0.242 e. The third kappa shape index (κ3) is 6.04. The van der Waals surface area contributed by atoms with Crippen molar-refractivity contribution in [2.45, 2.75) is 71.4 Å². The van der Waals surface area contributed by atoms with Gasteiger partial charge in [-0.3, -0.25) is 9.59 Å². The fourth-order valence-corrected chi connectivity index (χ4v) is 2.71. The first-order valence-corrected chi connectivity index (χ1v) is 8.03. The molecule has 0 heterocycles. The topological polar surface area (TPSA) is 78.4 Å². The van der Waals surface area contributed by atoms with E-state index in [9.17, 15) is 14.7 Å². The van der Waals surface area contributed by atoms with E-state index in [1.165, 1.54) is 0 Å². The van der Waals surface area contributed by atoms with Crippen molar-refractivity contribution >= 4 is 11.8 Å². The number of nitrogens with one attached hydrogen (secondary N) is 2. The summed E-state index contributed by atoms with van der Waals surface area (Å²) >= 11 is 0. The van der Waals surface area contributed by atoms with Crippen LogP contribution >= 0.6 is 0 Å². The molecule has 0 saturated heterocycles. The Balaban J connectivity index is 2.51. The first-order valence-electron chi connectivity index (χ1n) is 8.03. The molecule has 0 radical (unpaired) electrons. The molecule has 21 heavy (non-hydrogen) atoms. The van der Waals surface area contributed by atoms with E-state index in [0.717, 1.165) is 25.7 Å². The largest absolute Gasteiger partial charge is 0.388 e. The van der Waals surface area contributed by atoms with Crippen LogP contribution in [0.4, 0.5) is 0 Å². The molecule has 1 saturated carbocycles. The lowest BCUT2D eigenvalue weighted by Crippen LogP contribution is -2.52. The second-order valence-electron chi connectivity index (χ2n) is 7.04. The summed E-state index contributed by atoms with van der Waals surface area (Å²) < 4.78 is 0. The Morgan fingerprint density at radius 2 is 1.71 bits per heavy atom. The summed E-state index contributed by atoms with van der Waals surface area (Å²) in [4.78, 5) is 24.1. The van der Waals surface area contributed by atoms with Crippen molar-refractivity contribution < 1.29 is 14.7 Å².